The van der Waals surface area contributed by atoms with Gasteiger partial charge in [0.25, 0.3) is 0 Å². The molecule has 1 heterocycles. The van der Waals surface area contributed by atoms with Crippen LogP contribution in [0.2, 0.25) is 0 Å². The van der Waals surface area contributed by atoms with Crippen LogP contribution < -0.4 is 14.4 Å². The van der Waals surface area contributed by atoms with Crippen LogP contribution in [0.1, 0.15) is 32.6 Å². The van der Waals surface area contributed by atoms with Crippen molar-refractivity contribution >= 4 is 17.6 Å². The maximum atomic E-state index is 12.3. The Morgan fingerprint density at radius 1 is 1.24 bits per heavy atom. The number of carboxylic acid groups (broad SMARTS) is 1. The van der Waals surface area contributed by atoms with Gasteiger partial charge in [-0.25, -0.2) is 0 Å². The SMILES string of the molecule is CCCCC(=O)N(CCC(=O)O)c1ccc2c(c1)OCO2. The van der Waals surface area contributed by atoms with Crippen molar-refractivity contribution in [3.05, 3.63) is 18.2 Å². The first-order valence-electron chi connectivity index (χ1n) is 7.03. The normalized spacial score (nSPS) is 12.2. The van der Waals surface area contributed by atoms with Gasteiger partial charge in [0.15, 0.2) is 11.5 Å². The van der Waals surface area contributed by atoms with E-state index in [1.54, 1.807) is 18.2 Å². The molecular formula is C15H19NO5. The van der Waals surface area contributed by atoms with E-state index in [0.717, 1.165) is 12.8 Å². The molecule has 21 heavy (non-hydrogen) atoms. The number of anilines is 1. The molecule has 0 bridgehead atoms. The van der Waals surface area contributed by atoms with Gasteiger partial charge in [0.05, 0.1) is 6.42 Å². The number of benzene rings is 1. The number of carboxylic acids is 1. The van der Waals surface area contributed by atoms with Crippen LogP contribution in [-0.4, -0.2) is 30.3 Å². The molecule has 1 aliphatic heterocycles. The molecule has 0 fully saturated rings. The molecule has 1 aromatic carbocycles. The molecular weight excluding hydrogens is 274 g/mol. The molecule has 0 aliphatic carbocycles. The number of ether oxygens (including phenoxy) is 2. The first kappa shape index (κ1) is 15.2. The van der Waals surface area contributed by atoms with Crippen LogP contribution in [0.25, 0.3) is 0 Å². The molecule has 0 aromatic heterocycles. The molecule has 1 N–H and O–H groups in total. The lowest BCUT2D eigenvalue weighted by atomic mass is 10.2. The smallest absolute Gasteiger partial charge is 0.305 e. The minimum Gasteiger partial charge on any atom is -0.481 e. The maximum Gasteiger partial charge on any atom is 0.305 e. The van der Waals surface area contributed by atoms with Crippen molar-refractivity contribution in [1.82, 2.24) is 0 Å². The second-order valence-electron chi connectivity index (χ2n) is 4.83. The summed E-state index contributed by atoms with van der Waals surface area (Å²) >= 11 is 0. The molecule has 0 atom stereocenters. The fraction of sp³-hybridized carbons (Fsp3) is 0.467. The van der Waals surface area contributed by atoms with Crippen LogP contribution >= 0.6 is 0 Å². The van der Waals surface area contributed by atoms with E-state index < -0.39 is 5.97 Å². The Balaban J connectivity index is 2.17. The van der Waals surface area contributed by atoms with Crippen LogP contribution in [-0.2, 0) is 9.59 Å². The number of rotatable bonds is 7. The predicted molar refractivity (Wildman–Crippen MR) is 76.7 cm³/mol. The fourth-order valence-electron chi connectivity index (χ4n) is 2.12. The Hall–Kier alpha value is -2.24. The number of unbranched alkanes of at least 4 members (excludes halogenated alkanes) is 1. The van der Waals surface area contributed by atoms with Crippen molar-refractivity contribution in [3.8, 4) is 11.5 Å². The van der Waals surface area contributed by atoms with Gasteiger partial charge in [-0.1, -0.05) is 13.3 Å². The van der Waals surface area contributed by atoms with E-state index in [1.807, 2.05) is 6.92 Å². The summed E-state index contributed by atoms with van der Waals surface area (Å²) in [5.74, 6) is 0.218. The largest absolute Gasteiger partial charge is 0.481 e. The van der Waals surface area contributed by atoms with Crippen LogP contribution in [0.4, 0.5) is 5.69 Å². The van der Waals surface area contributed by atoms with Crippen LogP contribution in [0, 0.1) is 0 Å². The van der Waals surface area contributed by atoms with Gasteiger partial charge in [-0.05, 0) is 18.6 Å². The van der Waals surface area contributed by atoms with E-state index in [-0.39, 0.29) is 25.7 Å². The summed E-state index contributed by atoms with van der Waals surface area (Å²) in [7, 11) is 0. The van der Waals surface area contributed by atoms with Crippen molar-refractivity contribution in [2.24, 2.45) is 0 Å². The summed E-state index contributed by atoms with van der Waals surface area (Å²) in [5.41, 5.74) is 0.640. The van der Waals surface area contributed by atoms with Crippen LogP contribution in [0.5, 0.6) is 11.5 Å². The number of fused-ring (bicyclic) bond motifs is 1. The highest BCUT2D eigenvalue weighted by atomic mass is 16.7. The van der Waals surface area contributed by atoms with E-state index in [1.165, 1.54) is 4.90 Å². The Morgan fingerprint density at radius 2 is 2.00 bits per heavy atom. The molecule has 0 saturated carbocycles. The zero-order valence-corrected chi connectivity index (χ0v) is 12.0. The van der Waals surface area contributed by atoms with Crippen LogP contribution in [0.3, 0.4) is 0 Å². The van der Waals surface area contributed by atoms with Crippen LogP contribution in [0.15, 0.2) is 18.2 Å². The van der Waals surface area contributed by atoms with Gasteiger partial charge in [0, 0.05) is 24.7 Å². The lowest BCUT2D eigenvalue weighted by Crippen LogP contribution is -2.32. The molecule has 114 valence electrons. The van der Waals surface area contributed by atoms with Crippen molar-refractivity contribution in [1.29, 1.82) is 0 Å². The van der Waals surface area contributed by atoms with Gasteiger partial charge in [0.2, 0.25) is 12.7 Å². The molecule has 2 rings (SSSR count). The Kier molecular flexibility index (Phi) is 5.03. The second kappa shape index (κ2) is 6.97. The van der Waals surface area contributed by atoms with Crippen molar-refractivity contribution in [2.45, 2.75) is 32.6 Å². The zero-order valence-electron chi connectivity index (χ0n) is 12.0. The number of nitrogens with zero attached hydrogens (tertiary/aromatic N) is 1. The molecule has 1 aliphatic rings. The maximum absolute atomic E-state index is 12.3. The fourth-order valence-corrected chi connectivity index (χ4v) is 2.12. The number of carbonyl (C=O) groups excluding carboxylic acids is 1. The third kappa shape index (κ3) is 3.87. The average Bonchev–Trinajstić information content (AvgIpc) is 2.92. The van der Waals surface area contributed by atoms with Crippen molar-refractivity contribution in [2.75, 3.05) is 18.2 Å². The first-order chi connectivity index (χ1) is 10.1. The number of carbonyl (C=O) groups is 2. The number of hydrogen-bond donors (Lipinski definition) is 1. The highest BCUT2D eigenvalue weighted by Gasteiger charge is 2.20. The van der Waals surface area contributed by atoms with Crippen molar-refractivity contribution < 1.29 is 24.2 Å². The molecule has 1 aromatic rings. The average molecular weight is 293 g/mol. The molecule has 0 spiro atoms. The summed E-state index contributed by atoms with van der Waals surface area (Å²) < 4.78 is 10.5. The Bertz CT molecular complexity index is 529. The van der Waals surface area contributed by atoms with Gasteiger partial charge in [-0.15, -0.1) is 0 Å². The first-order valence-corrected chi connectivity index (χ1v) is 7.03. The van der Waals surface area contributed by atoms with E-state index in [0.29, 0.717) is 23.6 Å². The Labute approximate surface area is 123 Å². The topological polar surface area (TPSA) is 76.1 Å². The minimum absolute atomic E-state index is 0.0723. The third-order valence-corrected chi connectivity index (χ3v) is 3.26. The van der Waals surface area contributed by atoms with Gasteiger partial charge < -0.3 is 19.5 Å². The standard InChI is InChI=1S/C15H19NO5/c1-2-3-4-14(17)16(8-7-15(18)19)11-5-6-12-13(9-11)21-10-20-12/h5-6,9H,2-4,7-8,10H2,1H3,(H,18,19). The summed E-state index contributed by atoms with van der Waals surface area (Å²) in [5, 5.41) is 8.84. The summed E-state index contributed by atoms with van der Waals surface area (Å²) in [4.78, 5) is 24.6. The molecule has 6 heteroatoms. The van der Waals surface area contributed by atoms with Gasteiger partial charge >= 0.3 is 5.97 Å². The molecule has 1 amide bonds. The summed E-state index contributed by atoms with van der Waals surface area (Å²) in [6, 6.07) is 5.20. The molecule has 0 radical (unpaired) electrons. The highest BCUT2D eigenvalue weighted by Crippen LogP contribution is 2.35. The molecule has 0 saturated heterocycles. The summed E-state index contributed by atoms with van der Waals surface area (Å²) in [6.07, 6.45) is 2.02. The summed E-state index contributed by atoms with van der Waals surface area (Å²) in [6.45, 7) is 2.32. The van der Waals surface area contributed by atoms with Crippen molar-refractivity contribution in [3.63, 3.8) is 0 Å². The lowest BCUT2D eigenvalue weighted by Gasteiger charge is -2.22. The van der Waals surface area contributed by atoms with E-state index in [4.69, 9.17) is 14.6 Å². The monoisotopic (exact) mass is 293 g/mol. The lowest BCUT2D eigenvalue weighted by molar-refractivity contribution is -0.136. The highest BCUT2D eigenvalue weighted by molar-refractivity contribution is 5.94. The molecule has 6 nitrogen and oxygen atoms in total. The second-order valence-corrected chi connectivity index (χ2v) is 4.83. The zero-order chi connectivity index (χ0) is 15.2. The van der Waals surface area contributed by atoms with Gasteiger partial charge in [-0.3, -0.25) is 9.59 Å². The van der Waals surface area contributed by atoms with Gasteiger partial charge in [-0.2, -0.15) is 0 Å². The van der Waals surface area contributed by atoms with E-state index in [9.17, 15) is 9.59 Å². The predicted octanol–water partition coefficient (Wildman–Crippen LogP) is 2.41. The third-order valence-electron chi connectivity index (χ3n) is 3.26. The Morgan fingerprint density at radius 3 is 2.71 bits per heavy atom. The van der Waals surface area contributed by atoms with E-state index in [2.05, 4.69) is 0 Å². The quantitative estimate of drug-likeness (QED) is 0.835. The minimum atomic E-state index is -0.927. The number of amides is 1. The molecule has 0 unspecified atom stereocenters. The van der Waals surface area contributed by atoms with Gasteiger partial charge in [0.1, 0.15) is 0 Å². The number of hydrogen-bond acceptors (Lipinski definition) is 4. The van der Waals surface area contributed by atoms with E-state index >= 15 is 0 Å². The number of aliphatic carboxylic acids is 1.